The molecule has 6 rings (SSSR count). The van der Waals surface area contributed by atoms with Crippen molar-refractivity contribution in [3.05, 3.63) is 102 Å². The van der Waals surface area contributed by atoms with Crippen molar-refractivity contribution in [1.29, 1.82) is 0 Å². The number of aliphatic imine (C=N–C) groups is 1. The lowest BCUT2D eigenvalue weighted by Gasteiger charge is -2.32. The zero-order valence-corrected chi connectivity index (χ0v) is 22.8. The number of hydrogen-bond donors (Lipinski definition) is 1. The summed E-state index contributed by atoms with van der Waals surface area (Å²) in [5.41, 5.74) is 2.83. The molecule has 40 heavy (non-hydrogen) atoms. The number of fused-ring (bicyclic) bond motifs is 2. The summed E-state index contributed by atoms with van der Waals surface area (Å²) in [4.78, 5) is 52.2. The number of aromatic nitrogens is 1. The summed E-state index contributed by atoms with van der Waals surface area (Å²) in [7, 11) is 0. The Morgan fingerprint density at radius 3 is 2.52 bits per heavy atom. The van der Waals surface area contributed by atoms with E-state index in [1.807, 2.05) is 63.2 Å². The quantitative estimate of drug-likeness (QED) is 0.369. The van der Waals surface area contributed by atoms with Crippen LogP contribution in [0.1, 0.15) is 43.0 Å². The highest BCUT2D eigenvalue weighted by Gasteiger charge is 2.56. The average molecular weight is 534 g/mol. The van der Waals surface area contributed by atoms with Crippen LogP contribution >= 0.6 is 0 Å². The van der Waals surface area contributed by atoms with Gasteiger partial charge < -0.3 is 10.2 Å². The van der Waals surface area contributed by atoms with Gasteiger partial charge in [-0.15, -0.1) is 0 Å². The Bertz CT molecular complexity index is 1640. The van der Waals surface area contributed by atoms with Crippen LogP contribution in [-0.2, 0) is 34.5 Å². The summed E-state index contributed by atoms with van der Waals surface area (Å²) >= 11 is 0. The van der Waals surface area contributed by atoms with Crippen molar-refractivity contribution >= 4 is 35.0 Å². The van der Waals surface area contributed by atoms with Gasteiger partial charge in [-0.3, -0.25) is 19.5 Å². The third-order valence-corrected chi connectivity index (χ3v) is 8.30. The Morgan fingerprint density at radius 1 is 1.10 bits per heavy atom. The number of benzene rings is 2. The first-order chi connectivity index (χ1) is 19.2. The number of hydrogen-bond acceptors (Lipinski definition) is 5. The van der Waals surface area contributed by atoms with Gasteiger partial charge in [-0.25, -0.2) is 9.79 Å². The summed E-state index contributed by atoms with van der Waals surface area (Å²) < 4.78 is 0. The lowest BCUT2D eigenvalue weighted by Crippen LogP contribution is -2.44. The first kappa shape index (κ1) is 25.7. The van der Waals surface area contributed by atoms with E-state index in [-0.39, 0.29) is 30.4 Å². The van der Waals surface area contributed by atoms with Crippen molar-refractivity contribution in [2.45, 2.75) is 51.7 Å². The monoisotopic (exact) mass is 533 g/mol. The first-order valence-electron chi connectivity index (χ1n) is 13.5. The predicted octanol–water partition coefficient (Wildman–Crippen LogP) is 4.64. The number of imide groups is 1. The van der Waals surface area contributed by atoms with Gasteiger partial charge in [0.15, 0.2) is 0 Å². The smallest absolute Gasteiger partial charge is 0.310 e. The van der Waals surface area contributed by atoms with Crippen LogP contribution in [0.5, 0.6) is 0 Å². The summed E-state index contributed by atoms with van der Waals surface area (Å²) in [5, 5.41) is 3.81. The van der Waals surface area contributed by atoms with Gasteiger partial charge in [-0.1, -0.05) is 43.0 Å². The number of urea groups is 1. The van der Waals surface area contributed by atoms with Crippen LogP contribution in [0, 0.1) is 5.41 Å². The van der Waals surface area contributed by atoms with Crippen molar-refractivity contribution < 1.29 is 14.4 Å². The second kappa shape index (κ2) is 9.26. The molecule has 2 aliphatic heterocycles. The molecule has 1 N–H and O–H groups in total. The van der Waals surface area contributed by atoms with E-state index in [2.05, 4.69) is 29.0 Å². The van der Waals surface area contributed by atoms with Crippen molar-refractivity contribution in [2.75, 3.05) is 0 Å². The second-order valence-corrected chi connectivity index (χ2v) is 11.2. The zero-order chi connectivity index (χ0) is 28.2. The van der Waals surface area contributed by atoms with Crippen molar-refractivity contribution in [3.63, 3.8) is 0 Å². The van der Waals surface area contributed by atoms with E-state index in [0.717, 1.165) is 33.2 Å². The average Bonchev–Trinajstić information content (AvgIpc) is 3.51. The Hall–Kier alpha value is -4.59. The maximum atomic E-state index is 13.6. The molecular weight excluding hydrogens is 502 g/mol. The highest BCUT2D eigenvalue weighted by Crippen LogP contribution is 2.43. The normalized spacial score (nSPS) is 24.1. The minimum atomic E-state index is -1.13. The Morgan fingerprint density at radius 2 is 1.82 bits per heavy atom. The molecule has 2 aromatic carbocycles. The maximum absolute atomic E-state index is 13.6. The van der Waals surface area contributed by atoms with Crippen molar-refractivity contribution in [3.8, 4) is 0 Å². The number of carbonyl (C=O) groups is 3. The van der Waals surface area contributed by atoms with Crippen LogP contribution in [0.4, 0.5) is 4.79 Å². The molecule has 2 atom stereocenters. The van der Waals surface area contributed by atoms with Gasteiger partial charge in [0, 0.05) is 23.8 Å². The Labute approximate surface area is 233 Å². The van der Waals surface area contributed by atoms with E-state index >= 15 is 0 Å². The van der Waals surface area contributed by atoms with Gasteiger partial charge in [0.2, 0.25) is 5.91 Å². The first-order valence-corrected chi connectivity index (χ1v) is 13.5. The molecular formula is C32H31N5O3. The molecule has 3 aliphatic rings. The van der Waals surface area contributed by atoms with Gasteiger partial charge in [0.25, 0.3) is 5.91 Å². The SMILES string of the molecule is C=C/C=N\C1=C[C@@]2(Cc3cc4cc(CN5C(=O)N(C(C)C)C(=O)C5(C)c5ccccc5)cnc4cc3C2)C(=O)N1. The fourth-order valence-corrected chi connectivity index (χ4v) is 6.20. The summed E-state index contributed by atoms with van der Waals surface area (Å²) in [5.74, 6) is 0.268. The van der Waals surface area contributed by atoms with E-state index in [4.69, 9.17) is 4.98 Å². The molecule has 1 unspecified atom stereocenters. The van der Waals surface area contributed by atoms with Crippen molar-refractivity contribution in [1.82, 2.24) is 20.1 Å². The highest BCUT2D eigenvalue weighted by molar-refractivity contribution is 6.07. The van der Waals surface area contributed by atoms with Gasteiger partial charge in [-0.2, -0.15) is 0 Å². The molecule has 1 saturated heterocycles. The lowest BCUT2D eigenvalue weighted by molar-refractivity contribution is -0.134. The topological polar surface area (TPSA) is 95.0 Å². The molecule has 202 valence electrons. The van der Waals surface area contributed by atoms with Crippen LogP contribution in [0.2, 0.25) is 0 Å². The molecule has 0 radical (unpaired) electrons. The third kappa shape index (κ3) is 3.86. The number of amides is 4. The van der Waals surface area contributed by atoms with E-state index < -0.39 is 11.0 Å². The molecule has 8 heteroatoms. The van der Waals surface area contributed by atoms with Crippen LogP contribution in [0.3, 0.4) is 0 Å². The minimum Gasteiger partial charge on any atom is -0.310 e. The van der Waals surface area contributed by atoms with E-state index in [1.165, 1.54) is 4.90 Å². The van der Waals surface area contributed by atoms with Crippen LogP contribution in [-0.4, -0.2) is 44.9 Å². The fourth-order valence-electron chi connectivity index (χ4n) is 6.20. The molecule has 3 aromatic rings. The van der Waals surface area contributed by atoms with Crippen LogP contribution in [0.25, 0.3) is 10.9 Å². The van der Waals surface area contributed by atoms with Crippen LogP contribution < -0.4 is 5.32 Å². The predicted molar refractivity (Wildman–Crippen MR) is 153 cm³/mol. The fraction of sp³-hybridized carbons (Fsp3) is 0.281. The Balaban J connectivity index is 1.33. The number of rotatable bonds is 6. The molecule has 0 bridgehead atoms. The van der Waals surface area contributed by atoms with Crippen LogP contribution in [0.15, 0.2) is 84.3 Å². The number of allylic oxidation sites excluding steroid dienone is 1. The molecule has 0 saturated carbocycles. The molecule has 1 aromatic heterocycles. The highest BCUT2D eigenvalue weighted by atomic mass is 16.2. The number of nitrogens with one attached hydrogen (secondary N) is 1. The maximum Gasteiger partial charge on any atom is 0.328 e. The number of carbonyl (C=O) groups excluding carboxylic acids is 3. The summed E-state index contributed by atoms with van der Waals surface area (Å²) in [6, 6.07) is 15.0. The van der Waals surface area contributed by atoms with E-state index in [9.17, 15) is 14.4 Å². The molecule has 3 heterocycles. The largest absolute Gasteiger partial charge is 0.328 e. The van der Waals surface area contributed by atoms with E-state index in [0.29, 0.717) is 18.7 Å². The van der Waals surface area contributed by atoms with Gasteiger partial charge in [0.1, 0.15) is 11.4 Å². The molecule has 4 amide bonds. The van der Waals surface area contributed by atoms with Gasteiger partial charge in [0.05, 0.1) is 17.5 Å². The molecule has 8 nitrogen and oxygen atoms in total. The van der Waals surface area contributed by atoms with Gasteiger partial charge in [-0.05, 0) is 80.1 Å². The summed E-state index contributed by atoms with van der Waals surface area (Å²) in [6.45, 7) is 9.39. The molecule has 1 fully saturated rings. The number of nitrogens with zero attached hydrogens (tertiary/aromatic N) is 4. The third-order valence-electron chi connectivity index (χ3n) is 8.30. The minimum absolute atomic E-state index is 0.0512. The van der Waals surface area contributed by atoms with Gasteiger partial charge >= 0.3 is 6.03 Å². The zero-order valence-electron chi connectivity index (χ0n) is 22.8. The second-order valence-electron chi connectivity index (χ2n) is 11.2. The Kier molecular flexibility index (Phi) is 5.94. The van der Waals surface area contributed by atoms with Crippen molar-refractivity contribution in [2.24, 2.45) is 10.4 Å². The number of pyridine rings is 1. The lowest BCUT2D eigenvalue weighted by atomic mass is 9.85. The molecule has 1 aliphatic carbocycles. The molecule has 1 spiro atoms. The summed E-state index contributed by atoms with van der Waals surface area (Å²) in [6.07, 6.45) is 7.99. The standard InChI is InChI=1S/C32H31N5O3/c1-5-11-33-27-17-32(28(38)35-27)15-23-13-22-12-21(18-34-26(22)14-24(23)16-32)19-36-30(40)37(20(2)3)29(39)31(36,4)25-9-7-6-8-10-25/h5-14,17-18,20H,1,15-16,19H2,2-4H3,(H,35,38)/b33-11-/t31?,32-/m0/s1. The van der Waals surface area contributed by atoms with E-state index in [1.54, 1.807) is 23.4 Å².